The zero-order valence-electron chi connectivity index (χ0n) is 10.3. The lowest BCUT2D eigenvalue weighted by Gasteiger charge is -2.18. The van der Waals surface area contributed by atoms with Crippen LogP contribution in [0.5, 0.6) is 0 Å². The molecule has 19 heavy (non-hydrogen) atoms. The second-order valence-electron chi connectivity index (χ2n) is 3.95. The number of oxime groups is 1. The summed E-state index contributed by atoms with van der Waals surface area (Å²) >= 11 is 0. The van der Waals surface area contributed by atoms with E-state index in [4.69, 9.17) is 10.5 Å². The average Bonchev–Trinajstić information content (AvgIpc) is 2.34. The molecule has 0 aromatic rings. The van der Waals surface area contributed by atoms with E-state index in [0.29, 0.717) is 0 Å². The topological polar surface area (TPSA) is 69.2 Å². The van der Waals surface area contributed by atoms with Crippen LogP contribution in [0.25, 0.3) is 0 Å². The van der Waals surface area contributed by atoms with Gasteiger partial charge in [-0.3, -0.25) is 0 Å². The highest BCUT2D eigenvalue weighted by molar-refractivity contribution is 5.82. The van der Waals surface area contributed by atoms with Gasteiger partial charge in [-0.1, -0.05) is 5.16 Å². The predicted octanol–water partition coefficient (Wildman–Crippen LogP) is 3.11. The Morgan fingerprint density at radius 2 is 1.79 bits per heavy atom. The van der Waals surface area contributed by atoms with E-state index in [1.807, 2.05) is 0 Å². The van der Waals surface area contributed by atoms with Crippen LogP contribution in [0.3, 0.4) is 0 Å². The molecule has 0 unspecified atom stereocenters. The van der Waals surface area contributed by atoms with Crippen LogP contribution in [-0.2, 0) is 4.84 Å². The predicted molar refractivity (Wildman–Crippen MR) is 58.6 cm³/mol. The number of alkyl halides is 4. The number of nitriles is 2. The standard InChI is InChI=1S/C11H13F4N3O/c1-9(18-19-5-4-12)6-10(7-16,8-17)2-3-11(13,14)15/h2-6H2,1H3. The molecular weight excluding hydrogens is 266 g/mol. The molecule has 0 aliphatic heterocycles. The zero-order chi connectivity index (χ0) is 14.9. The monoisotopic (exact) mass is 279 g/mol. The summed E-state index contributed by atoms with van der Waals surface area (Å²) in [5, 5.41) is 21.2. The van der Waals surface area contributed by atoms with Crippen LogP contribution in [0.1, 0.15) is 26.2 Å². The second-order valence-corrected chi connectivity index (χ2v) is 3.95. The minimum absolute atomic E-state index is 0.165. The lowest BCUT2D eigenvalue weighted by atomic mass is 9.81. The van der Waals surface area contributed by atoms with Gasteiger partial charge in [0, 0.05) is 12.8 Å². The molecule has 8 heteroatoms. The summed E-state index contributed by atoms with van der Waals surface area (Å²) in [4.78, 5) is 4.50. The van der Waals surface area contributed by atoms with E-state index in [1.54, 1.807) is 12.1 Å². The Hall–Kier alpha value is -1.83. The molecule has 0 N–H and O–H groups in total. The molecule has 0 saturated carbocycles. The van der Waals surface area contributed by atoms with Crippen molar-refractivity contribution in [2.45, 2.75) is 32.4 Å². The van der Waals surface area contributed by atoms with Crippen LogP contribution in [-0.4, -0.2) is 25.2 Å². The van der Waals surface area contributed by atoms with E-state index in [0.717, 1.165) is 0 Å². The lowest BCUT2D eigenvalue weighted by molar-refractivity contribution is -0.138. The fourth-order valence-corrected chi connectivity index (χ4v) is 1.32. The first-order chi connectivity index (χ1) is 8.78. The summed E-state index contributed by atoms with van der Waals surface area (Å²) in [5.41, 5.74) is -1.64. The second kappa shape index (κ2) is 7.57. The Balaban J connectivity index is 4.69. The molecule has 0 heterocycles. The number of hydrogen-bond acceptors (Lipinski definition) is 4. The highest BCUT2D eigenvalue weighted by Crippen LogP contribution is 2.33. The molecule has 4 nitrogen and oxygen atoms in total. The molecule has 0 aromatic heterocycles. The molecule has 0 aromatic carbocycles. The van der Waals surface area contributed by atoms with Crippen molar-refractivity contribution in [1.29, 1.82) is 10.5 Å². The van der Waals surface area contributed by atoms with Crippen molar-refractivity contribution in [3.63, 3.8) is 0 Å². The molecule has 0 aliphatic rings. The Morgan fingerprint density at radius 1 is 1.21 bits per heavy atom. The largest absolute Gasteiger partial charge is 0.393 e. The van der Waals surface area contributed by atoms with Gasteiger partial charge in [0.15, 0.2) is 0 Å². The quantitative estimate of drug-likeness (QED) is 0.311. The smallest absolute Gasteiger partial charge is 0.389 e. The van der Waals surface area contributed by atoms with Gasteiger partial charge in [0.1, 0.15) is 18.7 Å². The first kappa shape index (κ1) is 17.2. The van der Waals surface area contributed by atoms with Crippen LogP contribution in [0.15, 0.2) is 5.16 Å². The Labute approximate surface area is 108 Å². The van der Waals surface area contributed by atoms with Gasteiger partial charge in [-0.25, -0.2) is 4.39 Å². The van der Waals surface area contributed by atoms with Crippen LogP contribution in [0.4, 0.5) is 17.6 Å². The summed E-state index contributed by atoms with van der Waals surface area (Å²) in [6.45, 7) is 0.355. The van der Waals surface area contributed by atoms with Crippen molar-refractivity contribution in [3.8, 4) is 12.1 Å². The average molecular weight is 279 g/mol. The zero-order valence-corrected chi connectivity index (χ0v) is 10.3. The van der Waals surface area contributed by atoms with Gasteiger partial charge >= 0.3 is 6.18 Å². The molecule has 0 amide bonds. The highest BCUT2D eigenvalue weighted by Gasteiger charge is 2.37. The van der Waals surface area contributed by atoms with Crippen molar-refractivity contribution in [2.24, 2.45) is 10.6 Å². The molecule has 0 radical (unpaired) electrons. The summed E-state index contributed by atoms with van der Waals surface area (Å²) in [6, 6.07) is 3.18. The van der Waals surface area contributed by atoms with Gasteiger partial charge in [-0.15, -0.1) is 0 Å². The molecular formula is C11H13F4N3O. The van der Waals surface area contributed by atoms with E-state index in [1.165, 1.54) is 6.92 Å². The molecule has 0 fully saturated rings. The number of nitrogens with zero attached hydrogens (tertiary/aromatic N) is 3. The summed E-state index contributed by atoms with van der Waals surface area (Å²) in [5.74, 6) is 0. The summed E-state index contributed by atoms with van der Waals surface area (Å²) in [6.07, 6.45) is -6.58. The van der Waals surface area contributed by atoms with Crippen molar-refractivity contribution in [2.75, 3.05) is 13.3 Å². The number of hydrogen-bond donors (Lipinski definition) is 0. The Kier molecular flexibility index (Phi) is 6.84. The van der Waals surface area contributed by atoms with E-state index in [2.05, 4.69) is 9.99 Å². The van der Waals surface area contributed by atoms with Crippen molar-refractivity contribution >= 4 is 5.71 Å². The number of halogens is 4. The SMILES string of the molecule is CC(CC(C#N)(C#N)CCC(F)(F)F)=NOCCF. The fraction of sp³-hybridized carbons (Fsp3) is 0.727. The van der Waals surface area contributed by atoms with Gasteiger partial charge < -0.3 is 4.84 Å². The van der Waals surface area contributed by atoms with Crippen molar-refractivity contribution in [3.05, 3.63) is 0 Å². The summed E-state index contributed by atoms with van der Waals surface area (Å²) in [7, 11) is 0. The van der Waals surface area contributed by atoms with Crippen LogP contribution < -0.4 is 0 Å². The minimum Gasteiger partial charge on any atom is -0.393 e. The highest BCUT2D eigenvalue weighted by atomic mass is 19.4. The number of rotatable bonds is 7. The van der Waals surface area contributed by atoms with Crippen LogP contribution >= 0.6 is 0 Å². The van der Waals surface area contributed by atoms with Gasteiger partial charge in [-0.05, 0) is 13.3 Å². The van der Waals surface area contributed by atoms with E-state index in [-0.39, 0.29) is 18.7 Å². The van der Waals surface area contributed by atoms with Crippen molar-refractivity contribution in [1.82, 2.24) is 0 Å². The molecule has 0 aliphatic carbocycles. The minimum atomic E-state index is -4.44. The van der Waals surface area contributed by atoms with Gasteiger partial charge in [0.25, 0.3) is 0 Å². The maximum absolute atomic E-state index is 12.1. The van der Waals surface area contributed by atoms with Gasteiger partial charge in [-0.2, -0.15) is 23.7 Å². The molecule has 0 rings (SSSR count). The first-order valence-corrected chi connectivity index (χ1v) is 5.39. The third kappa shape index (κ3) is 7.24. The Morgan fingerprint density at radius 3 is 2.21 bits per heavy atom. The molecule has 0 atom stereocenters. The fourth-order valence-electron chi connectivity index (χ4n) is 1.32. The molecule has 0 spiro atoms. The third-order valence-electron chi connectivity index (χ3n) is 2.21. The normalized spacial score (nSPS) is 12.7. The molecule has 106 valence electrons. The van der Waals surface area contributed by atoms with Crippen molar-refractivity contribution < 1.29 is 22.4 Å². The molecule has 0 saturated heterocycles. The summed E-state index contributed by atoms with van der Waals surface area (Å²) < 4.78 is 48.1. The molecule has 0 bridgehead atoms. The van der Waals surface area contributed by atoms with E-state index in [9.17, 15) is 17.6 Å². The Bertz CT molecular complexity index is 378. The van der Waals surface area contributed by atoms with E-state index >= 15 is 0 Å². The maximum atomic E-state index is 12.1. The lowest BCUT2D eigenvalue weighted by Crippen LogP contribution is -2.23. The van der Waals surface area contributed by atoms with E-state index < -0.39 is 31.1 Å². The maximum Gasteiger partial charge on any atom is 0.389 e. The van der Waals surface area contributed by atoms with Crippen LogP contribution in [0.2, 0.25) is 0 Å². The third-order valence-corrected chi connectivity index (χ3v) is 2.21. The van der Waals surface area contributed by atoms with Gasteiger partial charge in [0.05, 0.1) is 17.9 Å². The first-order valence-electron chi connectivity index (χ1n) is 5.39. The van der Waals surface area contributed by atoms with Crippen LogP contribution in [0, 0.1) is 28.1 Å². The van der Waals surface area contributed by atoms with Gasteiger partial charge in [0.2, 0.25) is 0 Å².